The number of nitrogens with one attached hydrogen (secondary N) is 1. The topological polar surface area (TPSA) is 117 Å². The van der Waals surface area contributed by atoms with Crippen LogP contribution in [0, 0.1) is 12.7 Å². The Morgan fingerprint density at radius 3 is 2.70 bits per heavy atom. The van der Waals surface area contributed by atoms with Crippen LogP contribution in [-0.2, 0) is 0 Å². The number of hydrogen-bond donors (Lipinski definition) is 2. The predicted octanol–water partition coefficient (Wildman–Crippen LogP) is 3.63. The van der Waals surface area contributed by atoms with Gasteiger partial charge in [0, 0.05) is 18.0 Å². The number of anilines is 3. The van der Waals surface area contributed by atoms with E-state index in [2.05, 4.69) is 35.0 Å². The van der Waals surface area contributed by atoms with Gasteiger partial charge in [0.1, 0.15) is 5.82 Å². The number of ether oxygens (including phenoxy) is 1. The number of nitrogens with zero attached hydrogens (tertiary/aromatic N) is 6. The Kier molecular flexibility index (Phi) is 4.99. The third-order valence-electron chi connectivity index (χ3n) is 3.89. The zero-order valence-corrected chi connectivity index (χ0v) is 15.9. The van der Waals surface area contributed by atoms with Gasteiger partial charge in [0.2, 0.25) is 17.8 Å². The maximum absolute atomic E-state index is 14.0. The summed E-state index contributed by atoms with van der Waals surface area (Å²) in [6.45, 7) is -1.42. The number of alkyl halides is 2. The minimum absolute atomic E-state index is 0.00401. The van der Waals surface area contributed by atoms with Crippen LogP contribution in [0.15, 0.2) is 30.5 Å². The van der Waals surface area contributed by atoms with Gasteiger partial charge in [-0.25, -0.2) is 14.4 Å². The number of aryl methyl sites for hydroxylation is 1. The molecular formula is C17H12ClF3N8O. The largest absolute Gasteiger partial charge is 0.432 e. The summed E-state index contributed by atoms with van der Waals surface area (Å²) in [5.74, 6) is -1.04. The molecule has 4 rings (SSSR count). The van der Waals surface area contributed by atoms with Gasteiger partial charge in [-0.2, -0.15) is 23.7 Å². The lowest BCUT2D eigenvalue weighted by molar-refractivity contribution is -0.0521. The molecule has 0 saturated carbocycles. The Bertz CT molecular complexity index is 1250. The molecule has 4 aromatic rings. The van der Waals surface area contributed by atoms with Gasteiger partial charge in [-0.3, -0.25) is 4.57 Å². The second-order valence-electron chi connectivity index (χ2n) is 5.96. The minimum atomic E-state index is -3.14. The van der Waals surface area contributed by atoms with Crippen LogP contribution in [0.4, 0.5) is 30.8 Å². The number of nitrogen functional groups attached to an aromatic ring is 1. The quantitative estimate of drug-likeness (QED) is 0.487. The van der Waals surface area contributed by atoms with Crippen molar-refractivity contribution in [3.63, 3.8) is 0 Å². The number of hydrogen-bond acceptors (Lipinski definition) is 8. The molecule has 13 heteroatoms. The van der Waals surface area contributed by atoms with Crippen molar-refractivity contribution in [1.29, 1.82) is 0 Å². The van der Waals surface area contributed by atoms with E-state index in [1.807, 2.05) is 0 Å². The second kappa shape index (κ2) is 7.63. The van der Waals surface area contributed by atoms with Gasteiger partial charge >= 0.3 is 6.61 Å². The van der Waals surface area contributed by atoms with Crippen LogP contribution in [0.5, 0.6) is 5.75 Å². The van der Waals surface area contributed by atoms with Crippen LogP contribution in [-0.4, -0.2) is 36.1 Å². The van der Waals surface area contributed by atoms with Crippen LogP contribution < -0.4 is 15.8 Å². The highest BCUT2D eigenvalue weighted by Gasteiger charge is 2.16. The molecule has 0 saturated heterocycles. The maximum atomic E-state index is 14.0. The van der Waals surface area contributed by atoms with E-state index in [0.29, 0.717) is 22.0 Å². The summed E-state index contributed by atoms with van der Waals surface area (Å²) >= 11 is 6.03. The Labute approximate surface area is 171 Å². The lowest BCUT2D eigenvalue weighted by Crippen LogP contribution is -2.10. The first-order valence-electron chi connectivity index (χ1n) is 8.34. The van der Waals surface area contributed by atoms with Gasteiger partial charge in [0.25, 0.3) is 0 Å². The molecule has 1 aromatic carbocycles. The minimum Gasteiger partial charge on any atom is -0.432 e. The van der Waals surface area contributed by atoms with E-state index >= 15 is 0 Å². The van der Waals surface area contributed by atoms with E-state index in [4.69, 9.17) is 17.3 Å². The summed E-state index contributed by atoms with van der Waals surface area (Å²) in [5.41, 5.74) is 6.96. The monoisotopic (exact) mass is 436 g/mol. The van der Waals surface area contributed by atoms with Crippen LogP contribution in [0.25, 0.3) is 17.1 Å². The molecule has 9 nitrogen and oxygen atoms in total. The molecule has 0 unspecified atom stereocenters. The molecule has 0 radical (unpaired) electrons. The molecular weight excluding hydrogens is 425 g/mol. The smallest absolute Gasteiger partial charge is 0.387 e. The average molecular weight is 437 g/mol. The number of rotatable bonds is 5. The number of benzene rings is 1. The van der Waals surface area contributed by atoms with Crippen molar-refractivity contribution < 1.29 is 17.9 Å². The fourth-order valence-corrected chi connectivity index (χ4v) is 2.89. The summed E-state index contributed by atoms with van der Waals surface area (Å²) in [6.07, 6.45) is 1.46. The fourth-order valence-electron chi connectivity index (χ4n) is 2.74. The van der Waals surface area contributed by atoms with E-state index in [9.17, 15) is 13.2 Å². The number of halogens is 4. The van der Waals surface area contributed by atoms with Crippen molar-refractivity contribution in [3.05, 3.63) is 47.1 Å². The van der Waals surface area contributed by atoms with E-state index in [1.54, 1.807) is 17.6 Å². The summed E-state index contributed by atoms with van der Waals surface area (Å²) in [6, 6.07) is 4.98. The van der Waals surface area contributed by atoms with Gasteiger partial charge in [0.15, 0.2) is 17.2 Å². The zero-order chi connectivity index (χ0) is 21.4. The zero-order valence-electron chi connectivity index (χ0n) is 15.1. The molecule has 0 aliphatic rings. The summed E-state index contributed by atoms with van der Waals surface area (Å²) in [4.78, 5) is 20.8. The average Bonchev–Trinajstić information content (AvgIpc) is 2.98. The van der Waals surface area contributed by atoms with Crippen LogP contribution in [0.3, 0.4) is 0 Å². The highest BCUT2D eigenvalue weighted by atomic mass is 35.5. The predicted molar refractivity (Wildman–Crippen MR) is 103 cm³/mol. The number of imidazole rings is 1. The Morgan fingerprint density at radius 1 is 1.17 bits per heavy atom. The molecule has 0 atom stereocenters. The summed E-state index contributed by atoms with van der Waals surface area (Å²) in [5, 5.41) is 3.14. The van der Waals surface area contributed by atoms with Crippen LogP contribution >= 0.6 is 11.6 Å². The normalized spacial score (nSPS) is 11.3. The van der Waals surface area contributed by atoms with Crippen molar-refractivity contribution in [2.45, 2.75) is 13.5 Å². The van der Waals surface area contributed by atoms with Gasteiger partial charge in [-0.15, -0.1) is 0 Å². The third kappa shape index (κ3) is 3.89. The molecule has 154 valence electrons. The third-order valence-corrected chi connectivity index (χ3v) is 4.10. The molecule has 0 fully saturated rings. The molecule has 0 bridgehead atoms. The molecule has 0 aliphatic carbocycles. The van der Waals surface area contributed by atoms with Gasteiger partial charge < -0.3 is 15.8 Å². The van der Waals surface area contributed by atoms with Gasteiger partial charge in [-0.05, 0) is 25.1 Å². The molecule has 0 spiro atoms. The van der Waals surface area contributed by atoms with Crippen LogP contribution in [0.2, 0.25) is 5.02 Å². The number of aromatic nitrogens is 6. The van der Waals surface area contributed by atoms with Crippen molar-refractivity contribution in [3.8, 4) is 11.7 Å². The highest BCUT2D eigenvalue weighted by molar-refractivity contribution is 6.31. The fraction of sp³-hybridized carbons (Fsp3) is 0.118. The number of fused-ring (bicyclic) bond motifs is 1. The SMILES string of the molecule is Cc1nc2ncc(Cl)cc2n1-c1nc(N)nc(Nc2ccc(OC(F)F)c(F)c2)n1. The molecule has 3 heterocycles. The molecule has 0 aliphatic heterocycles. The van der Waals surface area contributed by atoms with E-state index in [0.717, 1.165) is 12.1 Å². The van der Waals surface area contributed by atoms with Crippen molar-refractivity contribution >= 4 is 40.3 Å². The molecule has 30 heavy (non-hydrogen) atoms. The van der Waals surface area contributed by atoms with Crippen molar-refractivity contribution in [2.24, 2.45) is 0 Å². The molecule has 0 amide bonds. The summed E-state index contributed by atoms with van der Waals surface area (Å²) in [7, 11) is 0. The number of nitrogens with two attached hydrogens (primary N) is 1. The molecule has 3 aromatic heterocycles. The first kappa shape index (κ1) is 19.6. The lowest BCUT2D eigenvalue weighted by atomic mass is 10.3. The Hall–Kier alpha value is -3.67. The number of pyridine rings is 1. The van der Waals surface area contributed by atoms with Crippen molar-refractivity contribution in [1.82, 2.24) is 29.5 Å². The van der Waals surface area contributed by atoms with Crippen LogP contribution in [0.1, 0.15) is 5.82 Å². The van der Waals surface area contributed by atoms with E-state index in [-0.39, 0.29) is 23.5 Å². The van der Waals surface area contributed by atoms with Gasteiger partial charge in [-0.1, -0.05) is 11.6 Å². The van der Waals surface area contributed by atoms with E-state index < -0.39 is 18.2 Å². The maximum Gasteiger partial charge on any atom is 0.387 e. The van der Waals surface area contributed by atoms with Crippen molar-refractivity contribution in [2.75, 3.05) is 11.1 Å². The second-order valence-corrected chi connectivity index (χ2v) is 6.39. The van der Waals surface area contributed by atoms with Gasteiger partial charge in [0.05, 0.1) is 10.5 Å². The standard InChI is InChI=1S/C17H12ClF3N8O/c1-7-24-13-11(4-8(18)6-23-13)29(7)17-27-15(22)26-16(28-17)25-9-2-3-12(10(19)5-9)30-14(20)21/h2-6,14H,1H3,(H3,22,25,26,27,28). The van der Waals surface area contributed by atoms with E-state index in [1.165, 1.54) is 12.3 Å². The highest BCUT2D eigenvalue weighted by Crippen LogP contribution is 2.25. The first-order valence-corrected chi connectivity index (χ1v) is 8.72. The first-order chi connectivity index (χ1) is 14.3. The lowest BCUT2D eigenvalue weighted by Gasteiger charge is -2.11. The Morgan fingerprint density at radius 2 is 1.97 bits per heavy atom. The Balaban J connectivity index is 1.71. The summed E-state index contributed by atoms with van der Waals surface area (Å²) < 4.78 is 44.2. The molecule has 3 N–H and O–H groups in total.